The lowest BCUT2D eigenvalue weighted by molar-refractivity contribution is 0.0514. The van der Waals surface area contributed by atoms with Crippen molar-refractivity contribution in [2.45, 2.75) is 39.2 Å². The van der Waals surface area contributed by atoms with Gasteiger partial charge in [0, 0.05) is 12.2 Å². The number of carbonyl (C=O) groups excluding carboxylic acids is 2. The van der Waals surface area contributed by atoms with Crippen molar-refractivity contribution in [3.8, 4) is 6.07 Å². The molecule has 1 aliphatic heterocycles. The summed E-state index contributed by atoms with van der Waals surface area (Å²) in [5.74, 6) is -0.543. The van der Waals surface area contributed by atoms with Crippen LogP contribution in [0.2, 0.25) is 0 Å². The zero-order chi connectivity index (χ0) is 16.1. The fourth-order valence-electron chi connectivity index (χ4n) is 2.72. The van der Waals surface area contributed by atoms with Crippen molar-refractivity contribution in [1.82, 2.24) is 4.57 Å². The minimum absolute atomic E-state index is 0.185. The van der Waals surface area contributed by atoms with Gasteiger partial charge in [0.2, 0.25) is 0 Å². The highest BCUT2D eigenvalue weighted by Crippen LogP contribution is 2.32. The van der Waals surface area contributed by atoms with Crippen molar-refractivity contribution in [3.63, 3.8) is 0 Å². The molecule has 0 fully saturated rings. The SMILES string of the molecule is CCOC(=O)c1c(NC(=O)OC)c(C#N)c2n1CCCCC2. The number of nitrogens with zero attached hydrogens (tertiary/aromatic N) is 2. The summed E-state index contributed by atoms with van der Waals surface area (Å²) >= 11 is 0. The number of fused-ring (bicyclic) bond motifs is 1. The van der Waals surface area contributed by atoms with E-state index in [9.17, 15) is 14.9 Å². The Kier molecular flexibility index (Phi) is 5.04. The molecule has 0 atom stereocenters. The van der Waals surface area contributed by atoms with E-state index >= 15 is 0 Å². The van der Waals surface area contributed by atoms with E-state index < -0.39 is 12.1 Å². The summed E-state index contributed by atoms with van der Waals surface area (Å²) in [7, 11) is 1.23. The normalized spacial score (nSPS) is 13.5. The predicted molar refractivity (Wildman–Crippen MR) is 78.7 cm³/mol. The van der Waals surface area contributed by atoms with Crippen LogP contribution in [0.5, 0.6) is 0 Å². The van der Waals surface area contributed by atoms with Crippen LogP contribution in [0.1, 0.15) is 47.9 Å². The van der Waals surface area contributed by atoms with Crippen LogP contribution in [0.25, 0.3) is 0 Å². The van der Waals surface area contributed by atoms with Gasteiger partial charge < -0.3 is 14.0 Å². The average molecular weight is 305 g/mol. The number of amides is 1. The van der Waals surface area contributed by atoms with E-state index in [1.165, 1.54) is 7.11 Å². The largest absolute Gasteiger partial charge is 0.461 e. The molecule has 1 aromatic heterocycles. The van der Waals surface area contributed by atoms with Gasteiger partial charge in [0.1, 0.15) is 6.07 Å². The van der Waals surface area contributed by atoms with E-state index in [1.807, 2.05) is 0 Å². The Balaban J connectivity index is 2.60. The zero-order valence-corrected chi connectivity index (χ0v) is 12.8. The zero-order valence-electron chi connectivity index (χ0n) is 12.8. The monoisotopic (exact) mass is 305 g/mol. The maximum atomic E-state index is 12.3. The fourth-order valence-corrected chi connectivity index (χ4v) is 2.72. The smallest absolute Gasteiger partial charge is 0.411 e. The first-order chi connectivity index (χ1) is 10.6. The van der Waals surface area contributed by atoms with Crippen molar-refractivity contribution >= 4 is 17.7 Å². The van der Waals surface area contributed by atoms with E-state index in [4.69, 9.17) is 4.74 Å². The summed E-state index contributed by atoms with van der Waals surface area (Å²) in [6, 6.07) is 2.10. The molecule has 0 radical (unpaired) electrons. The van der Waals surface area contributed by atoms with Gasteiger partial charge in [0.15, 0.2) is 5.69 Å². The quantitative estimate of drug-likeness (QED) is 0.866. The summed E-state index contributed by atoms with van der Waals surface area (Å²) in [5, 5.41) is 12.0. The Labute approximate surface area is 128 Å². The number of ether oxygens (including phenoxy) is 2. The first-order valence-electron chi connectivity index (χ1n) is 7.31. The molecule has 0 spiro atoms. The number of aromatic nitrogens is 1. The van der Waals surface area contributed by atoms with E-state index in [1.54, 1.807) is 11.5 Å². The molecule has 7 heteroatoms. The van der Waals surface area contributed by atoms with Crippen LogP contribution in [0.15, 0.2) is 0 Å². The molecule has 22 heavy (non-hydrogen) atoms. The van der Waals surface area contributed by atoms with Crippen LogP contribution in [0.4, 0.5) is 10.5 Å². The number of carbonyl (C=O) groups is 2. The van der Waals surface area contributed by atoms with Crippen LogP contribution in [0.3, 0.4) is 0 Å². The molecule has 0 bridgehead atoms. The van der Waals surface area contributed by atoms with Gasteiger partial charge in [0.05, 0.1) is 25.0 Å². The molecule has 0 saturated carbocycles. The Morgan fingerprint density at radius 3 is 2.77 bits per heavy atom. The third kappa shape index (κ3) is 2.91. The number of rotatable bonds is 3. The average Bonchev–Trinajstić information content (AvgIpc) is 2.65. The van der Waals surface area contributed by atoms with Crippen LogP contribution in [0, 0.1) is 11.3 Å². The van der Waals surface area contributed by atoms with Crippen LogP contribution in [-0.2, 0) is 22.4 Å². The Bertz CT molecular complexity index is 628. The fraction of sp³-hybridized carbons (Fsp3) is 0.533. The third-order valence-electron chi connectivity index (χ3n) is 3.66. The lowest BCUT2D eigenvalue weighted by atomic mass is 10.1. The maximum Gasteiger partial charge on any atom is 0.411 e. The van der Waals surface area contributed by atoms with Crippen LogP contribution < -0.4 is 5.32 Å². The molecule has 0 aliphatic carbocycles. The second kappa shape index (κ2) is 6.98. The molecule has 1 N–H and O–H groups in total. The van der Waals surface area contributed by atoms with Crippen LogP contribution in [-0.4, -0.2) is 30.3 Å². The molecule has 1 aliphatic rings. The maximum absolute atomic E-state index is 12.3. The van der Waals surface area contributed by atoms with Crippen LogP contribution >= 0.6 is 0 Å². The third-order valence-corrected chi connectivity index (χ3v) is 3.66. The summed E-state index contributed by atoms with van der Waals surface area (Å²) in [4.78, 5) is 23.9. The Morgan fingerprint density at radius 1 is 1.36 bits per heavy atom. The standard InChI is InChI=1S/C15H19N3O4/c1-3-22-14(19)13-12(17-15(20)21-2)10(9-16)11-7-5-4-6-8-18(11)13/h3-8H2,1-2H3,(H,17,20). The van der Waals surface area contributed by atoms with Gasteiger partial charge in [-0.1, -0.05) is 6.42 Å². The summed E-state index contributed by atoms with van der Waals surface area (Å²) < 4.78 is 11.5. The molecule has 0 unspecified atom stereocenters. The van der Waals surface area contributed by atoms with Crippen molar-refractivity contribution in [1.29, 1.82) is 5.26 Å². The minimum atomic E-state index is -0.720. The van der Waals surface area contributed by atoms with Crippen molar-refractivity contribution < 1.29 is 19.1 Å². The molecular weight excluding hydrogens is 286 g/mol. The first kappa shape index (κ1) is 15.9. The predicted octanol–water partition coefficient (Wildman–Crippen LogP) is 2.44. The van der Waals surface area contributed by atoms with Crippen molar-refractivity contribution in [2.24, 2.45) is 0 Å². The molecule has 7 nitrogen and oxygen atoms in total. The van der Waals surface area contributed by atoms with Gasteiger partial charge in [0.25, 0.3) is 0 Å². The van der Waals surface area contributed by atoms with E-state index in [0.29, 0.717) is 18.5 Å². The Hall–Kier alpha value is -2.49. The first-order valence-corrected chi connectivity index (χ1v) is 7.31. The van der Waals surface area contributed by atoms with Gasteiger partial charge in [-0.05, 0) is 26.2 Å². The highest BCUT2D eigenvalue weighted by Gasteiger charge is 2.30. The van der Waals surface area contributed by atoms with Gasteiger partial charge in [-0.15, -0.1) is 0 Å². The van der Waals surface area contributed by atoms with Gasteiger partial charge in [-0.2, -0.15) is 5.26 Å². The summed E-state index contributed by atoms with van der Waals surface area (Å²) in [5.41, 5.74) is 1.50. The van der Waals surface area contributed by atoms with Crippen molar-refractivity contribution in [3.05, 3.63) is 17.0 Å². The highest BCUT2D eigenvalue weighted by molar-refractivity contribution is 6.01. The lowest BCUT2D eigenvalue weighted by Crippen LogP contribution is -2.18. The van der Waals surface area contributed by atoms with Gasteiger partial charge >= 0.3 is 12.1 Å². The molecule has 2 rings (SSSR count). The molecular formula is C15H19N3O4. The van der Waals surface area contributed by atoms with E-state index in [0.717, 1.165) is 25.0 Å². The summed E-state index contributed by atoms with van der Waals surface area (Å²) in [6.07, 6.45) is 2.87. The number of hydrogen-bond acceptors (Lipinski definition) is 5. The molecule has 2 heterocycles. The van der Waals surface area contributed by atoms with Crippen molar-refractivity contribution in [2.75, 3.05) is 19.0 Å². The number of nitriles is 1. The molecule has 0 saturated heterocycles. The number of hydrogen-bond donors (Lipinski definition) is 1. The minimum Gasteiger partial charge on any atom is -0.461 e. The second-order valence-corrected chi connectivity index (χ2v) is 4.96. The number of methoxy groups -OCH3 is 1. The van der Waals surface area contributed by atoms with Gasteiger partial charge in [-0.25, -0.2) is 9.59 Å². The topological polar surface area (TPSA) is 93.3 Å². The summed E-state index contributed by atoms with van der Waals surface area (Å²) in [6.45, 7) is 2.56. The number of esters is 1. The van der Waals surface area contributed by atoms with E-state index in [2.05, 4.69) is 16.1 Å². The molecule has 1 amide bonds. The van der Waals surface area contributed by atoms with E-state index in [-0.39, 0.29) is 18.0 Å². The Morgan fingerprint density at radius 2 is 2.14 bits per heavy atom. The van der Waals surface area contributed by atoms with Gasteiger partial charge in [-0.3, -0.25) is 5.32 Å². The number of nitrogens with one attached hydrogen (secondary N) is 1. The molecule has 118 valence electrons. The highest BCUT2D eigenvalue weighted by atomic mass is 16.5. The molecule has 0 aromatic carbocycles. The second-order valence-electron chi connectivity index (χ2n) is 4.96. The number of anilines is 1. The lowest BCUT2D eigenvalue weighted by Gasteiger charge is -2.11. The molecule has 1 aromatic rings.